The first-order valence-electron chi connectivity index (χ1n) is 8.72. The first-order chi connectivity index (χ1) is 12.1. The lowest BCUT2D eigenvalue weighted by molar-refractivity contribution is -0.128. The van der Waals surface area contributed by atoms with Gasteiger partial charge in [0, 0.05) is 18.2 Å². The summed E-state index contributed by atoms with van der Waals surface area (Å²) in [5, 5.41) is 8.08. The topological polar surface area (TPSA) is 96.5 Å². The van der Waals surface area contributed by atoms with E-state index in [-0.39, 0.29) is 24.5 Å². The predicted molar refractivity (Wildman–Crippen MR) is 90.9 cm³/mol. The van der Waals surface area contributed by atoms with Crippen LogP contribution in [0.15, 0.2) is 24.3 Å². The lowest BCUT2D eigenvalue weighted by Crippen LogP contribution is -2.61. The van der Waals surface area contributed by atoms with Gasteiger partial charge in [0.15, 0.2) is 0 Å². The van der Waals surface area contributed by atoms with Gasteiger partial charge in [-0.2, -0.15) is 0 Å². The Morgan fingerprint density at radius 2 is 1.80 bits per heavy atom. The fourth-order valence-corrected chi connectivity index (χ4v) is 3.00. The fourth-order valence-electron chi connectivity index (χ4n) is 3.00. The van der Waals surface area contributed by atoms with Crippen LogP contribution in [-0.4, -0.2) is 36.5 Å². The number of benzene rings is 1. The van der Waals surface area contributed by atoms with Crippen molar-refractivity contribution in [3.05, 3.63) is 35.4 Å². The van der Waals surface area contributed by atoms with Crippen LogP contribution in [0.5, 0.6) is 0 Å². The number of hydrogen-bond acceptors (Lipinski definition) is 4. The van der Waals surface area contributed by atoms with E-state index in [0.29, 0.717) is 12.1 Å². The van der Waals surface area contributed by atoms with Crippen molar-refractivity contribution < 1.29 is 19.1 Å². The number of nitrogens with one attached hydrogen (secondary N) is 3. The van der Waals surface area contributed by atoms with E-state index >= 15 is 0 Å². The first kappa shape index (κ1) is 17.3. The number of hydrogen-bond donors (Lipinski definition) is 3. The molecule has 0 radical (unpaired) electrons. The number of alkyl carbamates (subject to hydrolysis) is 1. The zero-order valence-electron chi connectivity index (χ0n) is 14.0. The Labute approximate surface area is 146 Å². The molecule has 134 valence electrons. The van der Waals surface area contributed by atoms with Crippen molar-refractivity contribution >= 4 is 17.9 Å². The number of ether oxygens (including phenoxy) is 1. The molecule has 1 aromatic carbocycles. The summed E-state index contributed by atoms with van der Waals surface area (Å²) in [6.45, 7) is 0.517. The molecule has 0 bridgehead atoms. The Hall–Kier alpha value is -2.57. The number of amides is 3. The largest absolute Gasteiger partial charge is 0.445 e. The second-order valence-corrected chi connectivity index (χ2v) is 6.52. The third-order valence-corrected chi connectivity index (χ3v) is 4.62. The summed E-state index contributed by atoms with van der Waals surface area (Å²) in [6.07, 6.45) is 5.06. The number of β-lactam (4-membered cyclic amide) rings is 1. The van der Waals surface area contributed by atoms with E-state index in [1.54, 1.807) is 24.3 Å². The smallest absolute Gasteiger partial charge is 0.408 e. The molecule has 3 rings (SSSR count). The van der Waals surface area contributed by atoms with Crippen LogP contribution >= 0.6 is 0 Å². The summed E-state index contributed by atoms with van der Waals surface area (Å²) in [4.78, 5) is 34.9. The average molecular weight is 345 g/mol. The normalized spacial score (nSPS) is 20.2. The zero-order valence-corrected chi connectivity index (χ0v) is 14.0. The van der Waals surface area contributed by atoms with Crippen LogP contribution in [0.25, 0.3) is 0 Å². The molecular formula is C18H23N3O4. The Morgan fingerprint density at radius 1 is 1.08 bits per heavy atom. The van der Waals surface area contributed by atoms with Crippen molar-refractivity contribution in [3.8, 4) is 0 Å². The minimum atomic E-state index is -0.626. The van der Waals surface area contributed by atoms with Crippen LogP contribution < -0.4 is 16.0 Å². The summed E-state index contributed by atoms with van der Waals surface area (Å²) in [5.74, 6) is -0.265. The molecule has 1 aromatic rings. The Kier molecular flexibility index (Phi) is 5.53. The van der Waals surface area contributed by atoms with E-state index in [1.165, 1.54) is 19.3 Å². The van der Waals surface area contributed by atoms with Crippen molar-refractivity contribution in [1.29, 1.82) is 0 Å². The van der Waals surface area contributed by atoms with E-state index in [2.05, 4.69) is 16.0 Å². The van der Waals surface area contributed by atoms with Crippen molar-refractivity contribution in [2.75, 3.05) is 6.54 Å². The summed E-state index contributed by atoms with van der Waals surface area (Å²) in [5.41, 5.74) is 1.38. The molecule has 1 heterocycles. The Morgan fingerprint density at radius 3 is 2.40 bits per heavy atom. The molecule has 0 unspecified atom stereocenters. The van der Waals surface area contributed by atoms with Gasteiger partial charge in [-0.1, -0.05) is 31.4 Å². The van der Waals surface area contributed by atoms with E-state index in [0.717, 1.165) is 18.4 Å². The molecule has 2 aliphatic rings. The molecule has 0 aromatic heterocycles. The molecule has 1 aliphatic heterocycles. The van der Waals surface area contributed by atoms with Gasteiger partial charge < -0.3 is 20.7 Å². The molecule has 0 spiro atoms. The third kappa shape index (κ3) is 4.71. The molecule has 3 N–H and O–H groups in total. The minimum Gasteiger partial charge on any atom is -0.445 e. The molecule has 2 fully saturated rings. The standard InChI is InChI=1S/C18H23N3O4/c22-16(20-14-4-2-1-3-5-14)13-8-6-12(7-9-13)11-25-18(24)21-15-10-19-17(15)23/h6-9,14-15H,1-5,10-11H2,(H,19,23)(H,20,22)(H,21,24)/t15-/m0/s1. The van der Waals surface area contributed by atoms with E-state index in [1.807, 2.05) is 0 Å². The lowest BCUT2D eigenvalue weighted by Gasteiger charge is -2.26. The maximum absolute atomic E-state index is 12.2. The predicted octanol–water partition coefficient (Wildman–Crippen LogP) is 1.47. The summed E-state index contributed by atoms with van der Waals surface area (Å²) < 4.78 is 5.07. The highest BCUT2D eigenvalue weighted by atomic mass is 16.5. The molecule has 3 amide bonds. The monoisotopic (exact) mass is 345 g/mol. The first-order valence-corrected chi connectivity index (χ1v) is 8.72. The number of carbonyl (C=O) groups excluding carboxylic acids is 3. The van der Waals surface area contributed by atoms with Gasteiger partial charge in [0.25, 0.3) is 5.91 Å². The van der Waals surface area contributed by atoms with Crippen molar-refractivity contribution in [1.82, 2.24) is 16.0 Å². The van der Waals surface area contributed by atoms with Gasteiger partial charge in [0.1, 0.15) is 12.6 Å². The maximum atomic E-state index is 12.2. The highest BCUT2D eigenvalue weighted by Gasteiger charge is 2.29. The maximum Gasteiger partial charge on any atom is 0.408 e. The second kappa shape index (κ2) is 8.00. The van der Waals surface area contributed by atoms with Crippen LogP contribution in [0.4, 0.5) is 4.79 Å². The van der Waals surface area contributed by atoms with Crippen LogP contribution in [-0.2, 0) is 16.1 Å². The molecule has 25 heavy (non-hydrogen) atoms. The van der Waals surface area contributed by atoms with Gasteiger partial charge in [-0.3, -0.25) is 9.59 Å². The SMILES string of the molecule is O=C(N[C@H]1CNC1=O)OCc1ccc(C(=O)NC2CCCCC2)cc1. The minimum absolute atomic E-state index is 0.0619. The van der Waals surface area contributed by atoms with Gasteiger partial charge in [-0.25, -0.2) is 4.79 Å². The summed E-state index contributed by atoms with van der Waals surface area (Å²) in [7, 11) is 0. The highest BCUT2D eigenvalue weighted by molar-refractivity contribution is 5.94. The zero-order chi connectivity index (χ0) is 17.6. The Balaban J connectivity index is 1.44. The van der Waals surface area contributed by atoms with Crippen LogP contribution in [0.1, 0.15) is 48.0 Å². The van der Waals surface area contributed by atoms with Crippen molar-refractivity contribution in [3.63, 3.8) is 0 Å². The number of rotatable bonds is 5. The van der Waals surface area contributed by atoms with E-state index in [9.17, 15) is 14.4 Å². The third-order valence-electron chi connectivity index (χ3n) is 4.62. The molecule has 1 atom stereocenters. The highest BCUT2D eigenvalue weighted by Crippen LogP contribution is 2.18. The van der Waals surface area contributed by atoms with E-state index < -0.39 is 12.1 Å². The average Bonchev–Trinajstić information content (AvgIpc) is 2.64. The number of carbonyl (C=O) groups is 3. The second-order valence-electron chi connectivity index (χ2n) is 6.52. The molecule has 7 nitrogen and oxygen atoms in total. The van der Waals surface area contributed by atoms with Crippen LogP contribution in [0.3, 0.4) is 0 Å². The molecular weight excluding hydrogens is 322 g/mol. The quantitative estimate of drug-likeness (QED) is 0.704. The van der Waals surface area contributed by atoms with E-state index in [4.69, 9.17) is 4.74 Å². The van der Waals surface area contributed by atoms with Gasteiger partial charge in [0.2, 0.25) is 5.91 Å². The molecule has 1 aliphatic carbocycles. The Bertz CT molecular complexity index is 638. The van der Waals surface area contributed by atoms with Crippen LogP contribution in [0, 0.1) is 0 Å². The van der Waals surface area contributed by atoms with Gasteiger partial charge >= 0.3 is 6.09 Å². The van der Waals surface area contributed by atoms with Gasteiger partial charge in [-0.15, -0.1) is 0 Å². The fraction of sp³-hybridized carbons (Fsp3) is 0.500. The van der Waals surface area contributed by atoms with Gasteiger partial charge in [-0.05, 0) is 30.5 Å². The van der Waals surface area contributed by atoms with Crippen LogP contribution in [0.2, 0.25) is 0 Å². The summed E-state index contributed by atoms with van der Waals surface area (Å²) >= 11 is 0. The van der Waals surface area contributed by atoms with Crippen molar-refractivity contribution in [2.45, 2.75) is 50.8 Å². The van der Waals surface area contributed by atoms with Crippen molar-refractivity contribution in [2.24, 2.45) is 0 Å². The molecule has 7 heteroatoms. The summed E-state index contributed by atoms with van der Waals surface area (Å²) in [6, 6.07) is 6.76. The lowest BCUT2D eigenvalue weighted by atomic mass is 9.95. The molecule has 1 saturated heterocycles. The molecule has 1 saturated carbocycles. The van der Waals surface area contributed by atoms with Gasteiger partial charge in [0.05, 0.1) is 0 Å².